The molecule has 0 radical (unpaired) electrons. The van der Waals surface area contributed by atoms with Crippen LogP contribution >= 0.6 is 0 Å². The molecule has 1 aromatic rings. The van der Waals surface area contributed by atoms with E-state index in [4.69, 9.17) is 11.5 Å². The lowest BCUT2D eigenvalue weighted by Gasteiger charge is -2.05. The van der Waals surface area contributed by atoms with Gasteiger partial charge in [0.05, 0.1) is 5.75 Å². The van der Waals surface area contributed by atoms with E-state index >= 15 is 0 Å². The maximum Gasteiger partial charge on any atom is 0.151 e. The Kier molecular flexibility index (Phi) is 3.13. The largest absolute Gasteiger partial charge is 0.398 e. The summed E-state index contributed by atoms with van der Waals surface area (Å²) < 4.78 is 22.0. The molecule has 0 aliphatic rings. The van der Waals surface area contributed by atoms with Crippen LogP contribution in [0.5, 0.6) is 0 Å². The number of benzene rings is 1. The molecule has 0 heterocycles. The van der Waals surface area contributed by atoms with E-state index in [0.717, 1.165) is 11.1 Å². The molecule has 4 nitrogen and oxygen atoms in total. The maximum atomic E-state index is 11.0. The quantitative estimate of drug-likeness (QED) is 0.707. The van der Waals surface area contributed by atoms with Gasteiger partial charge in [-0.1, -0.05) is 12.1 Å². The monoisotopic (exact) mass is 214 g/mol. The van der Waals surface area contributed by atoms with Gasteiger partial charge in [-0.3, -0.25) is 0 Å². The van der Waals surface area contributed by atoms with Crippen molar-refractivity contribution in [3.63, 3.8) is 0 Å². The van der Waals surface area contributed by atoms with E-state index in [9.17, 15) is 8.42 Å². The highest BCUT2D eigenvalue weighted by molar-refractivity contribution is 7.89. The lowest BCUT2D eigenvalue weighted by Crippen LogP contribution is -2.05. The lowest BCUT2D eigenvalue weighted by molar-refractivity contribution is 0.601. The fraction of sp³-hybridized carbons (Fsp3) is 0.333. The third kappa shape index (κ3) is 3.01. The van der Waals surface area contributed by atoms with Gasteiger partial charge in [0.2, 0.25) is 0 Å². The van der Waals surface area contributed by atoms with Crippen LogP contribution in [0.25, 0.3) is 0 Å². The van der Waals surface area contributed by atoms with E-state index in [0.29, 0.717) is 12.2 Å². The van der Waals surface area contributed by atoms with Crippen LogP contribution in [0.3, 0.4) is 0 Å². The first kappa shape index (κ1) is 11.0. The van der Waals surface area contributed by atoms with Crippen molar-refractivity contribution in [1.29, 1.82) is 0 Å². The van der Waals surface area contributed by atoms with Crippen LogP contribution in [0.4, 0.5) is 5.69 Å². The normalized spacial score (nSPS) is 11.6. The van der Waals surface area contributed by atoms with E-state index in [1.807, 2.05) is 0 Å². The third-order valence-electron chi connectivity index (χ3n) is 1.86. The topological polar surface area (TPSA) is 86.2 Å². The van der Waals surface area contributed by atoms with Crippen molar-refractivity contribution < 1.29 is 8.42 Å². The maximum absolute atomic E-state index is 11.0. The average molecular weight is 214 g/mol. The number of nitrogens with two attached hydrogens (primary N) is 2. The molecule has 0 saturated heterocycles. The van der Waals surface area contributed by atoms with Gasteiger partial charge in [-0.25, -0.2) is 8.42 Å². The van der Waals surface area contributed by atoms with Crippen molar-refractivity contribution in [3.8, 4) is 0 Å². The summed E-state index contributed by atoms with van der Waals surface area (Å²) in [4.78, 5) is 0. The predicted molar refractivity (Wildman–Crippen MR) is 57.3 cm³/mol. The Labute approximate surface area is 83.8 Å². The van der Waals surface area contributed by atoms with Gasteiger partial charge in [-0.15, -0.1) is 0 Å². The van der Waals surface area contributed by atoms with Gasteiger partial charge in [-0.05, 0) is 17.2 Å². The van der Waals surface area contributed by atoms with Gasteiger partial charge in [0.15, 0.2) is 9.84 Å². The zero-order valence-corrected chi connectivity index (χ0v) is 8.84. The lowest BCUT2D eigenvalue weighted by atomic mass is 10.1. The molecular weight excluding hydrogens is 200 g/mol. The number of anilines is 1. The summed E-state index contributed by atoms with van der Waals surface area (Å²) in [6.07, 6.45) is 1.20. The molecule has 0 fully saturated rings. The van der Waals surface area contributed by atoms with Crippen LogP contribution in [0.1, 0.15) is 11.1 Å². The Morgan fingerprint density at radius 3 is 2.50 bits per heavy atom. The first-order chi connectivity index (χ1) is 6.42. The molecule has 0 aliphatic carbocycles. The molecule has 5 heteroatoms. The summed E-state index contributed by atoms with van der Waals surface area (Å²) in [5.74, 6) is 0.0281. The van der Waals surface area contributed by atoms with E-state index in [1.165, 1.54) is 6.26 Å². The second-order valence-corrected chi connectivity index (χ2v) is 5.45. The Morgan fingerprint density at radius 1 is 1.36 bits per heavy atom. The van der Waals surface area contributed by atoms with Gasteiger partial charge in [0.1, 0.15) is 0 Å². The summed E-state index contributed by atoms with van der Waals surface area (Å²) in [7, 11) is -3.00. The number of sulfone groups is 1. The van der Waals surface area contributed by atoms with Crippen molar-refractivity contribution in [3.05, 3.63) is 29.3 Å². The number of hydrogen-bond acceptors (Lipinski definition) is 4. The molecule has 0 aliphatic heterocycles. The molecular formula is C9H14N2O2S. The van der Waals surface area contributed by atoms with Crippen LogP contribution < -0.4 is 11.5 Å². The highest BCUT2D eigenvalue weighted by atomic mass is 32.2. The Morgan fingerprint density at radius 2 is 2.00 bits per heavy atom. The number of hydrogen-bond donors (Lipinski definition) is 2. The Hall–Kier alpha value is -1.07. The van der Waals surface area contributed by atoms with Crippen LogP contribution in [0.2, 0.25) is 0 Å². The zero-order valence-electron chi connectivity index (χ0n) is 8.03. The van der Waals surface area contributed by atoms with Crippen molar-refractivity contribution >= 4 is 15.5 Å². The Balaban J connectivity index is 3.01. The van der Waals surface area contributed by atoms with Crippen molar-refractivity contribution in [2.45, 2.75) is 12.3 Å². The summed E-state index contributed by atoms with van der Waals surface area (Å²) in [6, 6.07) is 5.12. The SMILES string of the molecule is CS(=O)(=O)Cc1ccc(N)c(CN)c1. The van der Waals surface area contributed by atoms with Gasteiger partial charge in [0, 0.05) is 18.5 Å². The van der Waals surface area contributed by atoms with E-state index in [2.05, 4.69) is 0 Å². The van der Waals surface area contributed by atoms with Gasteiger partial charge >= 0.3 is 0 Å². The summed E-state index contributed by atoms with van der Waals surface area (Å²) in [6.45, 7) is 0.323. The Bertz CT molecular complexity index is 426. The molecule has 78 valence electrons. The first-order valence-electron chi connectivity index (χ1n) is 4.17. The van der Waals surface area contributed by atoms with Crippen LogP contribution in [0, 0.1) is 0 Å². The standard InChI is InChI=1S/C9H14N2O2S/c1-14(12,13)6-7-2-3-9(11)8(4-7)5-10/h2-4H,5-6,10-11H2,1H3. The van der Waals surface area contributed by atoms with Crippen LogP contribution in [-0.2, 0) is 22.1 Å². The minimum atomic E-state index is -3.00. The molecule has 0 spiro atoms. The number of nitrogen functional groups attached to an aromatic ring is 1. The van der Waals surface area contributed by atoms with E-state index in [1.54, 1.807) is 18.2 Å². The molecule has 0 aromatic heterocycles. The van der Waals surface area contributed by atoms with Crippen molar-refractivity contribution in [2.24, 2.45) is 5.73 Å². The minimum Gasteiger partial charge on any atom is -0.398 e. The van der Waals surface area contributed by atoms with Gasteiger partial charge in [-0.2, -0.15) is 0 Å². The molecule has 1 aromatic carbocycles. The highest BCUT2D eigenvalue weighted by Gasteiger charge is 2.06. The minimum absolute atomic E-state index is 0.0281. The van der Waals surface area contributed by atoms with Crippen LogP contribution in [0.15, 0.2) is 18.2 Å². The molecule has 14 heavy (non-hydrogen) atoms. The van der Waals surface area contributed by atoms with Gasteiger partial charge < -0.3 is 11.5 Å². The van der Waals surface area contributed by atoms with Crippen molar-refractivity contribution in [1.82, 2.24) is 0 Å². The second-order valence-electron chi connectivity index (χ2n) is 3.31. The molecule has 0 amide bonds. The summed E-state index contributed by atoms with van der Waals surface area (Å²) in [5.41, 5.74) is 13.2. The molecule has 0 unspecified atom stereocenters. The van der Waals surface area contributed by atoms with Crippen molar-refractivity contribution in [2.75, 3.05) is 12.0 Å². The second kappa shape index (κ2) is 3.98. The average Bonchev–Trinajstić information content (AvgIpc) is 2.06. The molecule has 0 bridgehead atoms. The van der Waals surface area contributed by atoms with Gasteiger partial charge in [0.25, 0.3) is 0 Å². The number of rotatable bonds is 3. The molecule has 0 atom stereocenters. The van der Waals surface area contributed by atoms with Crippen LogP contribution in [-0.4, -0.2) is 14.7 Å². The molecule has 0 saturated carbocycles. The fourth-order valence-electron chi connectivity index (χ4n) is 1.23. The zero-order chi connectivity index (χ0) is 10.8. The molecule has 1 rings (SSSR count). The predicted octanol–water partition coefficient (Wildman–Crippen LogP) is 0.272. The third-order valence-corrected chi connectivity index (χ3v) is 2.71. The van der Waals surface area contributed by atoms with E-state index < -0.39 is 9.84 Å². The summed E-state index contributed by atoms with van der Waals surface area (Å²) in [5, 5.41) is 0. The first-order valence-corrected chi connectivity index (χ1v) is 6.23. The van der Waals surface area contributed by atoms with E-state index in [-0.39, 0.29) is 5.75 Å². The fourth-order valence-corrected chi connectivity index (χ4v) is 2.01. The summed E-state index contributed by atoms with van der Waals surface area (Å²) >= 11 is 0. The highest BCUT2D eigenvalue weighted by Crippen LogP contribution is 2.15. The molecule has 4 N–H and O–H groups in total. The smallest absolute Gasteiger partial charge is 0.151 e.